The van der Waals surface area contributed by atoms with Crippen LogP contribution in [0.15, 0.2) is 42.7 Å². The lowest BCUT2D eigenvalue weighted by atomic mass is 9.79. The van der Waals surface area contributed by atoms with E-state index >= 15 is 0 Å². The SMILES string of the molecule is CNC(CC1CCCc2ccccc21)c1ccncc1Cl. The van der Waals surface area contributed by atoms with E-state index in [2.05, 4.69) is 34.6 Å². The van der Waals surface area contributed by atoms with Gasteiger partial charge in [-0.25, -0.2) is 0 Å². The Labute approximate surface area is 131 Å². The van der Waals surface area contributed by atoms with Gasteiger partial charge in [0.25, 0.3) is 0 Å². The lowest BCUT2D eigenvalue weighted by Gasteiger charge is -2.29. The van der Waals surface area contributed by atoms with E-state index in [1.54, 1.807) is 6.20 Å². The minimum Gasteiger partial charge on any atom is -0.313 e. The number of hydrogen-bond acceptors (Lipinski definition) is 2. The van der Waals surface area contributed by atoms with E-state index in [0.717, 1.165) is 17.0 Å². The largest absolute Gasteiger partial charge is 0.313 e. The van der Waals surface area contributed by atoms with Crippen LogP contribution in [0, 0.1) is 0 Å². The van der Waals surface area contributed by atoms with E-state index in [1.807, 2.05) is 19.3 Å². The van der Waals surface area contributed by atoms with Gasteiger partial charge in [-0.05, 0) is 61.4 Å². The molecule has 3 rings (SSSR count). The molecule has 110 valence electrons. The summed E-state index contributed by atoms with van der Waals surface area (Å²) < 4.78 is 0. The van der Waals surface area contributed by atoms with E-state index < -0.39 is 0 Å². The molecule has 0 aliphatic heterocycles. The lowest BCUT2D eigenvalue weighted by molar-refractivity contribution is 0.440. The fraction of sp³-hybridized carbons (Fsp3) is 0.389. The van der Waals surface area contributed by atoms with Crippen molar-refractivity contribution in [2.75, 3.05) is 7.05 Å². The summed E-state index contributed by atoms with van der Waals surface area (Å²) in [6, 6.07) is 11.2. The molecule has 1 N–H and O–H groups in total. The first-order valence-corrected chi connectivity index (χ1v) is 8.02. The molecule has 1 aromatic carbocycles. The van der Waals surface area contributed by atoms with E-state index in [1.165, 1.54) is 30.4 Å². The highest BCUT2D eigenvalue weighted by Crippen LogP contribution is 2.38. The third-order valence-corrected chi connectivity index (χ3v) is 4.86. The predicted octanol–water partition coefficient (Wildman–Crippen LogP) is 4.51. The Balaban J connectivity index is 1.84. The maximum absolute atomic E-state index is 6.31. The van der Waals surface area contributed by atoms with Crippen molar-refractivity contribution in [1.82, 2.24) is 10.3 Å². The summed E-state index contributed by atoms with van der Waals surface area (Å²) >= 11 is 6.31. The summed E-state index contributed by atoms with van der Waals surface area (Å²) in [7, 11) is 2.01. The van der Waals surface area contributed by atoms with E-state index in [4.69, 9.17) is 11.6 Å². The summed E-state index contributed by atoms with van der Waals surface area (Å²) in [5.74, 6) is 0.608. The van der Waals surface area contributed by atoms with Crippen molar-refractivity contribution in [2.24, 2.45) is 0 Å². The first-order valence-electron chi connectivity index (χ1n) is 7.64. The molecule has 2 nitrogen and oxygen atoms in total. The van der Waals surface area contributed by atoms with Crippen LogP contribution in [0.25, 0.3) is 0 Å². The Kier molecular flexibility index (Phi) is 4.57. The molecule has 1 aromatic heterocycles. The summed E-state index contributed by atoms with van der Waals surface area (Å²) in [4.78, 5) is 4.08. The average Bonchev–Trinajstić information content (AvgIpc) is 2.53. The molecule has 1 aliphatic carbocycles. The number of aromatic nitrogens is 1. The number of rotatable bonds is 4. The van der Waals surface area contributed by atoms with Crippen LogP contribution in [-0.4, -0.2) is 12.0 Å². The fourth-order valence-corrected chi connectivity index (χ4v) is 3.70. The van der Waals surface area contributed by atoms with Gasteiger partial charge < -0.3 is 5.32 Å². The smallest absolute Gasteiger partial charge is 0.0637 e. The number of fused-ring (bicyclic) bond motifs is 1. The molecule has 0 spiro atoms. The number of nitrogens with zero attached hydrogens (tertiary/aromatic N) is 1. The first kappa shape index (κ1) is 14.6. The van der Waals surface area contributed by atoms with Crippen molar-refractivity contribution in [3.8, 4) is 0 Å². The molecular formula is C18H21ClN2. The Morgan fingerprint density at radius 2 is 2.19 bits per heavy atom. The number of hydrogen-bond donors (Lipinski definition) is 1. The molecule has 1 aliphatic rings. The molecule has 0 radical (unpaired) electrons. The molecule has 3 heteroatoms. The Bertz CT molecular complexity index is 612. The van der Waals surface area contributed by atoms with E-state index in [-0.39, 0.29) is 6.04 Å². The van der Waals surface area contributed by atoms with Gasteiger partial charge in [0.05, 0.1) is 5.02 Å². The van der Waals surface area contributed by atoms with Gasteiger partial charge in [-0.3, -0.25) is 4.98 Å². The van der Waals surface area contributed by atoms with Crippen molar-refractivity contribution >= 4 is 11.6 Å². The third kappa shape index (κ3) is 3.12. The number of benzene rings is 1. The topological polar surface area (TPSA) is 24.9 Å². The quantitative estimate of drug-likeness (QED) is 0.899. The van der Waals surface area contributed by atoms with Crippen molar-refractivity contribution in [1.29, 1.82) is 0 Å². The van der Waals surface area contributed by atoms with Crippen LogP contribution >= 0.6 is 11.6 Å². The van der Waals surface area contributed by atoms with Gasteiger partial charge in [0.2, 0.25) is 0 Å². The fourth-order valence-electron chi connectivity index (χ4n) is 3.45. The summed E-state index contributed by atoms with van der Waals surface area (Å²) in [5, 5.41) is 4.18. The zero-order chi connectivity index (χ0) is 14.7. The van der Waals surface area contributed by atoms with Gasteiger partial charge in [-0.15, -0.1) is 0 Å². The third-order valence-electron chi connectivity index (χ3n) is 4.54. The summed E-state index contributed by atoms with van der Waals surface area (Å²) in [5.41, 5.74) is 4.19. The van der Waals surface area contributed by atoms with Crippen molar-refractivity contribution in [3.63, 3.8) is 0 Å². The van der Waals surface area contributed by atoms with Crippen molar-refractivity contribution < 1.29 is 0 Å². The van der Waals surface area contributed by atoms with Crippen LogP contribution in [0.2, 0.25) is 5.02 Å². The molecule has 0 amide bonds. The standard InChI is InChI=1S/C18H21ClN2/c1-20-18(16-9-10-21-12-17(16)19)11-14-7-4-6-13-5-2-3-8-15(13)14/h2-3,5,8-10,12,14,18,20H,4,6-7,11H2,1H3. The number of aryl methyl sites for hydroxylation is 1. The molecule has 21 heavy (non-hydrogen) atoms. The van der Waals surface area contributed by atoms with Crippen LogP contribution < -0.4 is 5.32 Å². The zero-order valence-electron chi connectivity index (χ0n) is 12.3. The molecule has 2 aromatic rings. The Morgan fingerprint density at radius 3 is 3.00 bits per heavy atom. The average molecular weight is 301 g/mol. The van der Waals surface area contributed by atoms with Crippen molar-refractivity contribution in [2.45, 2.75) is 37.6 Å². The van der Waals surface area contributed by atoms with E-state index in [9.17, 15) is 0 Å². The van der Waals surface area contributed by atoms with Gasteiger partial charge in [0.1, 0.15) is 0 Å². The second kappa shape index (κ2) is 6.59. The normalized spacial score (nSPS) is 19.0. The molecule has 0 saturated carbocycles. The maximum Gasteiger partial charge on any atom is 0.0637 e. The highest BCUT2D eigenvalue weighted by molar-refractivity contribution is 6.31. The monoisotopic (exact) mass is 300 g/mol. The van der Waals surface area contributed by atoms with Gasteiger partial charge >= 0.3 is 0 Å². The molecule has 2 unspecified atom stereocenters. The first-order chi connectivity index (χ1) is 10.3. The lowest BCUT2D eigenvalue weighted by Crippen LogP contribution is -2.21. The van der Waals surface area contributed by atoms with Gasteiger partial charge in [0, 0.05) is 18.4 Å². The maximum atomic E-state index is 6.31. The summed E-state index contributed by atoms with van der Waals surface area (Å²) in [6.45, 7) is 0. The van der Waals surface area contributed by atoms with Gasteiger partial charge in [-0.2, -0.15) is 0 Å². The highest BCUT2D eigenvalue weighted by Gasteiger charge is 2.24. The predicted molar refractivity (Wildman–Crippen MR) is 87.8 cm³/mol. The van der Waals surface area contributed by atoms with Crippen LogP contribution in [-0.2, 0) is 6.42 Å². The number of pyridine rings is 1. The van der Waals surface area contributed by atoms with Crippen LogP contribution in [0.5, 0.6) is 0 Å². The van der Waals surface area contributed by atoms with Crippen LogP contribution in [0.1, 0.15) is 47.9 Å². The molecule has 2 atom stereocenters. The van der Waals surface area contributed by atoms with Gasteiger partial charge in [-0.1, -0.05) is 35.9 Å². The summed E-state index contributed by atoms with van der Waals surface area (Å²) in [6.07, 6.45) is 8.39. The zero-order valence-corrected chi connectivity index (χ0v) is 13.1. The van der Waals surface area contributed by atoms with Crippen LogP contribution in [0.3, 0.4) is 0 Å². The number of nitrogens with one attached hydrogen (secondary N) is 1. The van der Waals surface area contributed by atoms with Crippen LogP contribution in [0.4, 0.5) is 0 Å². The molecular weight excluding hydrogens is 280 g/mol. The molecule has 0 fully saturated rings. The molecule has 0 bridgehead atoms. The van der Waals surface area contributed by atoms with Gasteiger partial charge in [0.15, 0.2) is 0 Å². The highest BCUT2D eigenvalue weighted by atomic mass is 35.5. The van der Waals surface area contributed by atoms with E-state index in [0.29, 0.717) is 5.92 Å². The minimum atomic E-state index is 0.275. The molecule has 0 saturated heterocycles. The van der Waals surface area contributed by atoms with Crippen molar-refractivity contribution in [3.05, 3.63) is 64.4 Å². The molecule has 1 heterocycles. The number of halogens is 1. The minimum absolute atomic E-state index is 0.275. The Morgan fingerprint density at radius 1 is 1.33 bits per heavy atom. The Hall–Kier alpha value is -1.38. The second-order valence-electron chi connectivity index (χ2n) is 5.76. The second-order valence-corrected chi connectivity index (χ2v) is 6.17.